The van der Waals surface area contributed by atoms with Crippen LogP contribution >= 0.6 is 0 Å². The van der Waals surface area contributed by atoms with E-state index >= 15 is 0 Å². The summed E-state index contributed by atoms with van der Waals surface area (Å²) in [6.07, 6.45) is 5.33. The molecule has 0 unspecified atom stereocenters. The van der Waals surface area contributed by atoms with Gasteiger partial charge >= 0.3 is 0 Å². The van der Waals surface area contributed by atoms with Gasteiger partial charge in [-0.2, -0.15) is 10.2 Å². The summed E-state index contributed by atoms with van der Waals surface area (Å²) in [6.45, 7) is 2.68. The molecular formula is C9H14N6. The fourth-order valence-electron chi connectivity index (χ4n) is 1.36. The van der Waals surface area contributed by atoms with Crippen molar-refractivity contribution in [3.05, 3.63) is 24.0 Å². The third-order valence-corrected chi connectivity index (χ3v) is 2.02. The van der Waals surface area contributed by atoms with E-state index in [0.717, 1.165) is 24.5 Å². The zero-order chi connectivity index (χ0) is 10.7. The van der Waals surface area contributed by atoms with Crippen LogP contribution in [0.4, 0.5) is 5.69 Å². The van der Waals surface area contributed by atoms with E-state index in [0.29, 0.717) is 12.2 Å². The fraction of sp³-hybridized carbons (Fsp3) is 0.444. The molecule has 6 heteroatoms. The highest BCUT2D eigenvalue weighted by atomic mass is 15.3. The number of nitrogens with two attached hydrogens (primary N) is 1. The molecule has 15 heavy (non-hydrogen) atoms. The maximum absolute atomic E-state index is 5.56. The molecule has 2 rings (SSSR count). The first-order valence-electron chi connectivity index (χ1n) is 4.96. The Bertz CT molecular complexity index is 429. The minimum absolute atomic E-state index is 0.577. The number of H-pyrrole nitrogens is 1. The van der Waals surface area contributed by atoms with Gasteiger partial charge in [0.2, 0.25) is 0 Å². The number of rotatable bonds is 4. The maximum Gasteiger partial charge on any atom is 0.150 e. The van der Waals surface area contributed by atoms with Gasteiger partial charge in [-0.15, -0.1) is 0 Å². The Morgan fingerprint density at radius 3 is 3.07 bits per heavy atom. The molecule has 0 saturated carbocycles. The Morgan fingerprint density at radius 2 is 2.40 bits per heavy atom. The standard InChI is InChI=1S/C9H14N6/c1-2-3-8-12-9(14-13-8)6-15-5-7(10)4-11-15/h4-5H,2-3,6,10H2,1H3,(H,12,13,14). The molecule has 0 aliphatic rings. The summed E-state index contributed by atoms with van der Waals surface area (Å²) in [5, 5.41) is 11.1. The number of nitrogens with one attached hydrogen (secondary N) is 1. The average molecular weight is 206 g/mol. The van der Waals surface area contributed by atoms with E-state index in [1.54, 1.807) is 17.1 Å². The monoisotopic (exact) mass is 206 g/mol. The van der Waals surface area contributed by atoms with E-state index in [-0.39, 0.29) is 0 Å². The number of aromatic nitrogens is 5. The smallest absolute Gasteiger partial charge is 0.150 e. The number of hydrogen-bond donors (Lipinski definition) is 2. The molecule has 0 amide bonds. The van der Waals surface area contributed by atoms with E-state index in [4.69, 9.17) is 5.73 Å². The molecule has 2 aromatic rings. The van der Waals surface area contributed by atoms with E-state index in [1.165, 1.54) is 0 Å². The highest BCUT2D eigenvalue weighted by Gasteiger charge is 2.03. The van der Waals surface area contributed by atoms with E-state index in [2.05, 4.69) is 27.2 Å². The van der Waals surface area contributed by atoms with Crippen LogP contribution in [-0.4, -0.2) is 25.0 Å². The van der Waals surface area contributed by atoms with Crippen molar-refractivity contribution < 1.29 is 0 Å². The second-order valence-electron chi connectivity index (χ2n) is 3.42. The first-order valence-corrected chi connectivity index (χ1v) is 4.96. The quantitative estimate of drug-likeness (QED) is 0.766. The second kappa shape index (κ2) is 4.12. The minimum Gasteiger partial charge on any atom is -0.396 e. The molecular weight excluding hydrogens is 192 g/mol. The summed E-state index contributed by atoms with van der Waals surface area (Å²) in [7, 11) is 0. The van der Waals surface area contributed by atoms with Gasteiger partial charge in [-0.1, -0.05) is 6.92 Å². The van der Waals surface area contributed by atoms with Gasteiger partial charge in [0.15, 0.2) is 5.82 Å². The van der Waals surface area contributed by atoms with Gasteiger partial charge in [-0.3, -0.25) is 9.78 Å². The molecule has 3 N–H and O–H groups in total. The second-order valence-corrected chi connectivity index (χ2v) is 3.42. The fourth-order valence-corrected chi connectivity index (χ4v) is 1.36. The normalized spacial score (nSPS) is 10.7. The van der Waals surface area contributed by atoms with E-state index < -0.39 is 0 Å². The maximum atomic E-state index is 5.56. The van der Waals surface area contributed by atoms with Gasteiger partial charge in [0.25, 0.3) is 0 Å². The third-order valence-electron chi connectivity index (χ3n) is 2.02. The van der Waals surface area contributed by atoms with Crippen LogP contribution in [0.1, 0.15) is 25.0 Å². The predicted octanol–water partition coefficient (Wildman–Crippen LogP) is 0.584. The molecule has 80 valence electrons. The summed E-state index contributed by atoms with van der Waals surface area (Å²) in [5.74, 6) is 1.66. The van der Waals surface area contributed by atoms with Crippen LogP contribution in [0.25, 0.3) is 0 Å². The van der Waals surface area contributed by atoms with Gasteiger partial charge in [0, 0.05) is 12.6 Å². The average Bonchev–Trinajstić information content (AvgIpc) is 2.78. The molecule has 0 aliphatic heterocycles. The molecule has 0 saturated heterocycles. The predicted molar refractivity (Wildman–Crippen MR) is 56.1 cm³/mol. The van der Waals surface area contributed by atoms with Crippen molar-refractivity contribution in [2.24, 2.45) is 0 Å². The van der Waals surface area contributed by atoms with Crippen molar-refractivity contribution >= 4 is 5.69 Å². The summed E-state index contributed by atoms with van der Waals surface area (Å²) < 4.78 is 1.73. The van der Waals surface area contributed by atoms with Crippen molar-refractivity contribution in [3.63, 3.8) is 0 Å². The molecule has 0 aromatic carbocycles. The Kier molecular flexibility index (Phi) is 2.66. The van der Waals surface area contributed by atoms with Crippen LogP contribution in [0.5, 0.6) is 0 Å². The first-order chi connectivity index (χ1) is 7.28. The van der Waals surface area contributed by atoms with Crippen molar-refractivity contribution in [2.45, 2.75) is 26.3 Å². The lowest BCUT2D eigenvalue weighted by atomic mass is 10.3. The lowest BCUT2D eigenvalue weighted by molar-refractivity contribution is 0.657. The zero-order valence-electron chi connectivity index (χ0n) is 8.64. The summed E-state index contributed by atoms with van der Waals surface area (Å²) in [5.41, 5.74) is 6.21. The molecule has 2 aromatic heterocycles. The number of aryl methyl sites for hydroxylation is 1. The van der Waals surface area contributed by atoms with Gasteiger partial charge in [-0.25, -0.2) is 4.98 Å². The highest BCUT2D eigenvalue weighted by Crippen LogP contribution is 2.02. The van der Waals surface area contributed by atoms with Gasteiger partial charge in [0.05, 0.1) is 11.9 Å². The molecule has 6 nitrogen and oxygen atoms in total. The number of hydrogen-bond acceptors (Lipinski definition) is 4. The summed E-state index contributed by atoms with van der Waals surface area (Å²) in [4.78, 5) is 4.34. The Morgan fingerprint density at radius 1 is 1.53 bits per heavy atom. The molecule has 0 atom stereocenters. The van der Waals surface area contributed by atoms with Crippen molar-refractivity contribution in [3.8, 4) is 0 Å². The van der Waals surface area contributed by atoms with Crippen LogP contribution in [0.15, 0.2) is 12.4 Å². The van der Waals surface area contributed by atoms with Crippen LogP contribution in [0.2, 0.25) is 0 Å². The third kappa shape index (κ3) is 2.34. The summed E-state index contributed by atoms with van der Waals surface area (Å²) in [6, 6.07) is 0. The molecule has 0 bridgehead atoms. The topological polar surface area (TPSA) is 85.4 Å². The molecule has 0 radical (unpaired) electrons. The van der Waals surface area contributed by atoms with E-state index in [9.17, 15) is 0 Å². The minimum atomic E-state index is 0.577. The van der Waals surface area contributed by atoms with Crippen molar-refractivity contribution in [1.29, 1.82) is 0 Å². The van der Waals surface area contributed by atoms with Gasteiger partial charge in [0.1, 0.15) is 12.4 Å². The Balaban J connectivity index is 2.04. The Labute approximate surface area is 87.5 Å². The zero-order valence-corrected chi connectivity index (χ0v) is 8.64. The highest BCUT2D eigenvalue weighted by molar-refractivity contribution is 5.30. The molecule has 2 heterocycles. The van der Waals surface area contributed by atoms with Gasteiger partial charge in [-0.05, 0) is 6.42 Å². The van der Waals surface area contributed by atoms with Crippen LogP contribution in [0, 0.1) is 0 Å². The van der Waals surface area contributed by atoms with Crippen molar-refractivity contribution in [1.82, 2.24) is 25.0 Å². The van der Waals surface area contributed by atoms with Crippen molar-refractivity contribution in [2.75, 3.05) is 5.73 Å². The number of aromatic amines is 1. The Hall–Kier alpha value is -1.85. The molecule has 0 spiro atoms. The number of anilines is 1. The lowest BCUT2D eigenvalue weighted by Crippen LogP contribution is -2.01. The number of nitrogens with zero attached hydrogens (tertiary/aromatic N) is 4. The van der Waals surface area contributed by atoms with Gasteiger partial charge < -0.3 is 5.73 Å². The SMILES string of the molecule is CCCc1n[nH]c(Cn2cc(N)cn2)n1. The molecule has 0 fully saturated rings. The van der Waals surface area contributed by atoms with Crippen LogP contribution in [0.3, 0.4) is 0 Å². The largest absolute Gasteiger partial charge is 0.396 e. The van der Waals surface area contributed by atoms with Crippen LogP contribution < -0.4 is 5.73 Å². The lowest BCUT2D eigenvalue weighted by Gasteiger charge is -1.95. The first kappa shape index (κ1) is 9.70. The van der Waals surface area contributed by atoms with Crippen LogP contribution in [-0.2, 0) is 13.0 Å². The number of nitrogen functional groups attached to an aromatic ring is 1. The van der Waals surface area contributed by atoms with E-state index in [1.807, 2.05) is 0 Å². The molecule has 0 aliphatic carbocycles. The summed E-state index contributed by atoms with van der Waals surface area (Å²) >= 11 is 0.